The van der Waals surface area contributed by atoms with Gasteiger partial charge in [-0.25, -0.2) is 0 Å². The predicted octanol–water partition coefficient (Wildman–Crippen LogP) is 0.740. The van der Waals surface area contributed by atoms with Crippen molar-refractivity contribution < 1.29 is 34.7 Å². The van der Waals surface area contributed by atoms with Crippen LogP contribution in [0.25, 0.3) is 0 Å². The number of carbonyl (C=O) groups excluding carboxylic acids is 1. The fourth-order valence-electron chi connectivity index (χ4n) is 8.33. The molecule has 0 aromatic carbocycles. The van der Waals surface area contributed by atoms with Crippen molar-refractivity contribution in [2.75, 3.05) is 13.2 Å². The number of esters is 1. The van der Waals surface area contributed by atoms with Crippen LogP contribution in [0.15, 0.2) is 12.2 Å². The van der Waals surface area contributed by atoms with Gasteiger partial charge in [-0.2, -0.15) is 0 Å². The van der Waals surface area contributed by atoms with Crippen LogP contribution in [0.5, 0.6) is 0 Å². The third-order valence-corrected chi connectivity index (χ3v) is 9.49. The fourth-order valence-corrected chi connectivity index (χ4v) is 8.33. The molecule has 0 aromatic rings. The maximum atomic E-state index is 11.8. The van der Waals surface area contributed by atoms with E-state index in [-0.39, 0.29) is 25.0 Å². The van der Waals surface area contributed by atoms with Crippen molar-refractivity contribution in [3.8, 4) is 0 Å². The highest BCUT2D eigenvalue weighted by molar-refractivity contribution is 5.65. The van der Waals surface area contributed by atoms with Crippen molar-refractivity contribution in [2.45, 2.75) is 70.1 Å². The molecule has 0 aromatic heterocycles. The molecule has 2 saturated heterocycles. The molecule has 7 nitrogen and oxygen atoms in total. The first kappa shape index (κ1) is 19.9. The summed E-state index contributed by atoms with van der Waals surface area (Å²) >= 11 is 0. The molecular weight excluding hydrogens is 376 g/mol. The molecule has 2 heterocycles. The fraction of sp³-hybridized carbons (Fsp3) is 0.864. The Bertz CT molecular complexity index is 768. The van der Waals surface area contributed by atoms with Crippen molar-refractivity contribution in [1.82, 2.24) is 0 Å². The minimum atomic E-state index is -1.92. The lowest BCUT2D eigenvalue weighted by Gasteiger charge is -2.75. The summed E-state index contributed by atoms with van der Waals surface area (Å²) < 4.78 is 11.3. The first-order valence-electron chi connectivity index (χ1n) is 10.8. The Hall–Kier alpha value is -0.990. The maximum absolute atomic E-state index is 11.8. The van der Waals surface area contributed by atoms with E-state index in [2.05, 4.69) is 6.58 Å². The van der Waals surface area contributed by atoms with Gasteiger partial charge in [0.25, 0.3) is 0 Å². The summed E-state index contributed by atoms with van der Waals surface area (Å²) in [4.78, 5) is 11.5. The molecule has 10 atom stereocenters. The molecule has 4 N–H and O–H groups in total. The number of hydrogen-bond acceptors (Lipinski definition) is 7. The minimum Gasteiger partial charge on any atom is -0.465 e. The highest BCUT2D eigenvalue weighted by Gasteiger charge is 2.84. The van der Waals surface area contributed by atoms with Gasteiger partial charge in [0, 0.05) is 23.7 Å². The highest BCUT2D eigenvalue weighted by Crippen LogP contribution is 2.77. The van der Waals surface area contributed by atoms with Crippen LogP contribution in [0.4, 0.5) is 0 Å². The second kappa shape index (κ2) is 5.82. The lowest BCUT2D eigenvalue weighted by molar-refractivity contribution is -0.467. The van der Waals surface area contributed by atoms with E-state index in [1.54, 1.807) is 0 Å². The second-order valence-electron chi connectivity index (χ2n) is 10.6. The van der Waals surface area contributed by atoms with Gasteiger partial charge in [-0.1, -0.05) is 13.5 Å². The summed E-state index contributed by atoms with van der Waals surface area (Å²) in [6, 6.07) is 0. The van der Waals surface area contributed by atoms with Gasteiger partial charge >= 0.3 is 5.97 Å². The Balaban J connectivity index is 1.68. The molecule has 6 fully saturated rings. The van der Waals surface area contributed by atoms with Crippen LogP contribution in [0.2, 0.25) is 0 Å². The molecule has 0 amide bonds. The van der Waals surface area contributed by atoms with Gasteiger partial charge in [0.2, 0.25) is 5.79 Å². The number of fused-ring (bicyclic) bond motifs is 2. The monoisotopic (exact) mass is 408 g/mol. The summed E-state index contributed by atoms with van der Waals surface area (Å²) in [6.45, 7) is 7.64. The van der Waals surface area contributed by atoms with E-state index in [1.807, 2.05) is 6.92 Å². The van der Waals surface area contributed by atoms with Crippen LogP contribution in [-0.4, -0.2) is 63.7 Å². The first-order chi connectivity index (χ1) is 13.5. The van der Waals surface area contributed by atoms with Crippen molar-refractivity contribution >= 4 is 5.97 Å². The van der Waals surface area contributed by atoms with Crippen molar-refractivity contribution in [3.05, 3.63) is 12.2 Å². The van der Waals surface area contributed by atoms with Crippen LogP contribution in [-0.2, 0) is 14.3 Å². The summed E-state index contributed by atoms with van der Waals surface area (Å²) in [6.07, 6.45) is 0.139. The minimum absolute atomic E-state index is 0.0865. The quantitative estimate of drug-likeness (QED) is 0.393. The van der Waals surface area contributed by atoms with Crippen molar-refractivity contribution in [3.63, 3.8) is 0 Å². The Morgan fingerprint density at radius 1 is 1.28 bits per heavy atom. The summed E-state index contributed by atoms with van der Waals surface area (Å²) in [7, 11) is 0. The molecule has 2 aliphatic heterocycles. The van der Waals surface area contributed by atoms with E-state index in [9.17, 15) is 25.2 Å². The highest BCUT2D eigenvalue weighted by atomic mass is 16.6. The third-order valence-electron chi connectivity index (χ3n) is 9.49. The molecule has 4 saturated carbocycles. The van der Waals surface area contributed by atoms with E-state index in [1.165, 1.54) is 6.92 Å². The molecule has 29 heavy (non-hydrogen) atoms. The molecule has 6 aliphatic rings. The number of aliphatic hydroxyl groups is 4. The van der Waals surface area contributed by atoms with Gasteiger partial charge in [-0.3, -0.25) is 4.79 Å². The molecule has 2 spiro atoms. The first-order valence-corrected chi connectivity index (χ1v) is 10.8. The average molecular weight is 408 g/mol. The number of ether oxygens (including phenoxy) is 2. The third kappa shape index (κ3) is 2.04. The van der Waals surface area contributed by atoms with E-state index in [0.29, 0.717) is 24.8 Å². The van der Waals surface area contributed by atoms with Crippen molar-refractivity contribution in [2.24, 2.45) is 34.0 Å². The standard InChI is InChI=1S/C22H32O7/c1-11-13-4-5-14-20-10-29-22(27,21(14,8-13)17(11)25)18(26)16(20)19(3,7-6-15(20)24)9-28-12(2)23/h13-18,24-27H,1,4-10H2,2-3H3/t13-,14+,15-,16-,17-,18-,19+,20-,21+,22-/m1/s1. The summed E-state index contributed by atoms with van der Waals surface area (Å²) in [5, 5.41) is 45.9. The number of carbonyl (C=O) groups is 1. The van der Waals surface area contributed by atoms with Gasteiger partial charge in [0.1, 0.15) is 6.10 Å². The molecule has 0 radical (unpaired) electrons. The Labute approximate surface area is 170 Å². The number of rotatable bonds is 2. The van der Waals surface area contributed by atoms with Crippen LogP contribution >= 0.6 is 0 Å². The zero-order valence-electron chi connectivity index (χ0n) is 17.1. The van der Waals surface area contributed by atoms with Crippen LogP contribution in [0.1, 0.15) is 46.0 Å². The summed E-state index contributed by atoms with van der Waals surface area (Å²) in [5.74, 6) is -2.94. The predicted molar refractivity (Wildman–Crippen MR) is 101 cm³/mol. The smallest absolute Gasteiger partial charge is 0.302 e. The number of aliphatic hydroxyl groups excluding tert-OH is 3. The van der Waals surface area contributed by atoms with E-state index < -0.39 is 52.2 Å². The van der Waals surface area contributed by atoms with E-state index in [0.717, 1.165) is 12.8 Å². The Morgan fingerprint density at radius 2 is 2.00 bits per heavy atom. The second-order valence-corrected chi connectivity index (χ2v) is 10.6. The van der Waals surface area contributed by atoms with Crippen LogP contribution < -0.4 is 0 Å². The lowest BCUT2D eigenvalue weighted by Crippen LogP contribution is -2.84. The maximum Gasteiger partial charge on any atom is 0.302 e. The molecule has 4 bridgehead atoms. The molecule has 162 valence electrons. The lowest BCUT2D eigenvalue weighted by atomic mass is 9.36. The van der Waals surface area contributed by atoms with Crippen LogP contribution in [0, 0.1) is 34.0 Å². The van der Waals surface area contributed by atoms with Crippen molar-refractivity contribution in [1.29, 1.82) is 0 Å². The van der Waals surface area contributed by atoms with Gasteiger partial charge < -0.3 is 29.9 Å². The van der Waals surface area contributed by atoms with Gasteiger partial charge in [-0.15, -0.1) is 0 Å². The number of hydrogen-bond donors (Lipinski definition) is 4. The molecular formula is C22H32O7. The summed E-state index contributed by atoms with van der Waals surface area (Å²) in [5.41, 5.74) is -1.79. The average Bonchev–Trinajstić information content (AvgIpc) is 2.87. The Morgan fingerprint density at radius 3 is 2.69 bits per heavy atom. The largest absolute Gasteiger partial charge is 0.465 e. The molecule has 7 heteroatoms. The van der Waals surface area contributed by atoms with Gasteiger partial charge in [-0.05, 0) is 49.5 Å². The van der Waals surface area contributed by atoms with Gasteiger partial charge in [0.15, 0.2) is 0 Å². The SMILES string of the molecule is C=C1[C@@H]2CC[C@H]3[C@@]45CO[C@](O)([C@H](O)[C@@H]4[C@](C)(COC(C)=O)CC[C@H]5O)[C@]3(C2)[C@@H]1O. The van der Waals surface area contributed by atoms with E-state index >= 15 is 0 Å². The van der Waals surface area contributed by atoms with E-state index in [4.69, 9.17) is 9.47 Å². The molecule has 4 aliphatic carbocycles. The molecule has 0 unspecified atom stereocenters. The van der Waals surface area contributed by atoms with Gasteiger partial charge in [0.05, 0.1) is 30.8 Å². The molecule has 6 rings (SSSR count). The van der Waals surface area contributed by atoms with Crippen LogP contribution in [0.3, 0.4) is 0 Å². The zero-order valence-corrected chi connectivity index (χ0v) is 17.1. The Kier molecular flexibility index (Phi) is 4.01. The normalized spacial score (nSPS) is 57.9. The zero-order chi connectivity index (χ0) is 21.0. The topological polar surface area (TPSA) is 116 Å².